The van der Waals surface area contributed by atoms with Gasteiger partial charge in [0, 0.05) is 38.4 Å². The van der Waals surface area contributed by atoms with Crippen molar-refractivity contribution in [2.45, 2.75) is 25.1 Å². The molecule has 1 aromatic carbocycles. The van der Waals surface area contributed by atoms with E-state index in [2.05, 4.69) is 10.00 Å². The molecule has 0 saturated carbocycles. The molecule has 0 bridgehead atoms. The van der Waals surface area contributed by atoms with Crippen LogP contribution in [0.15, 0.2) is 36.7 Å². The van der Waals surface area contributed by atoms with Gasteiger partial charge in [-0.1, -0.05) is 18.2 Å². The largest absolute Gasteiger partial charge is 0.490 e. The molecule has 1 spiro atoms. The Morgan fingerprint density at radius 2 is 1.79 bits per heavy atom. The Kier molecular flexibility index (Phi) is 7.01. The van der Waals surface area contributed by atoms with Gasteiger partial charge in [0.15, 0.2) is 0 Å². The van der Waals surface area contributed by atoms with Gasteiger partial charge in [-0.05, 0) is 32.0 Å². The second-order valence-electron chi connectivity index (χ2n) is 8.53. The molecule has 2 saturated heterocycles. The van der Waals surface area contributed by atoms with E-state index in [0.717, 1.165) is 23.2 Å². The fourth-order valence-corrected chi connectivity index (χ4v) is 4.20. The highest BCUT2D eigenvalue weighted by Crippen LogP contribution is 2.34. The fraction of sp³-hybridized carbons (Fsp3) is 0.455. The summed E-state index contributed by atoms with van der Waals surface area (Å²) in [4.78, 5) is 40.4. The number of piperazine rings is 1. The summed E-state index contributed by atoms with van der Waals surface area (Å²) in [5.41, 5.74) is 2.35. The molecule has 4 rings (SSSR count). The van der Waals surface area contributed by atoms with Crippen molar-refractivity contribution in [1.82, 2.24) is 19.6 Å². The summed E-state index contributed by atoms with van der Waals surface area (Å²) in [6, 6.07) is 7.71. The van der Waals surface area contributed by atoms with E-state index in [1.807, 2.05) is 61.3 Å². The van der Waals surface area contributed by atoms with Crippen molar-refractivity contribution in [3.8, 4) is 0 Å². The third-order valence-electron chi connectivity index (χ3n) is 6.18. The highest BCUT2D eigenvalue weighted by molar-refractivity contribution is 5.97. The Labute approximate surface area is 194 Å². The van der Waals surface area contributed by atoms with Crippen LogP contribution in [0.2, 0.25) is 0 Å². The van der Waals surface area contributed by atoms with Crippen LogP contribution in [0.5, 0.6) is 0 Å². The Hall–Kier alpha value is -3.41. The van der Waals surface area contributed by atoms with Crippen LogP contribution in [-0.2, 0) is 16.6 Å². The first-order chi connectivity index (χ1) is 15.8. The number of alkyl halides is 3. The molecular weight excluding hydrogens is 455 g/mol. The van der Waals surface area contributed by atoms with Crippen molar-refractivity contribution in [3.63, 3.8) is 0 Å². The summed E-state index contributed by atoms with van der Waals surface area (Å²) in [7, 11) is 3.83. The molecule has 2 aliphatic heterocycles. The lowest BCUT2D eigenvalue weighted by atomic mass is 9.93. The van der Waals surface area contributed by atoms with Crippen LogP contribution in [0.4, 0.5) is 18.9 Å². The third-order valence-corrected chi connectivity index (χ3v) is 6.18. The maximum atomic E-state index is 13.0. The predicted molar refractivity (Wildman–Crippen MR) is 116 cm³/mol. The van der Waals surface area contributed by atoms with Crippen LogP contribution in [0.1, 0.15) is 22.3 Å². The monoisotopic (exact) mass is 481 g/mol. The summed E-state index contributed by atoms with van der Waals surface area (Å²) in [6.07, 6.45) is -0.643. The van der Waals surface area contributed by atoms with E-state index >= 15 is 0 Å². The lowest BCUT2D eigenvalue weighted by Crippen LogP contribution is -2.64. The minimum atomic E-state index is -5.08. The highest BCUT2D eigenvalue weighted by Gasteiger charge is 2.49. The number of rotatable bonds is 2. The molecule has 0 aliphatic carbocycles. The summed E-state index contributed by atoms with van der Waals surface area (Å²) in [5, 5.41) is 11.3. The minimum absolute atomic E-state index is 0.0693. The fourth-order valence-electron chi connectivity index (χ4n) is 4.20. The number of aromatic nitrogens is 2. The number of likely N-dealkylation sites (tertiary alicyclic amines) is 1. The van der Waals surface area contributed by atoms with E-state index in [1.165, 1.54) is 0 Å². The zero-order valence-corrected chi connectivity index (χ0v) is 19.0. The lowest BCUT2D eigenvalue weighted by molar-refractivity contribution is -0.192. The molecule has 3 heterocycles. The average molecular weight is 481 g/mol. The molecule has 0 radical (unpaired) electrons. The Balaban J connectivity index is 0.000000406. The number of nitrogens with zero attached hydrogens (tertiary/aromatic N) is 5. The van der Waals surface area contributed by atoms with Gasteiger partial charge in [-0.3, -0.25) is 19.2 Å². The number of carbonyl (C=O) groups is 3. The highest BCUT2D eigenvalue weighted by atomic mass is 19.4. The molecule has 1 N–H and O–H groups in total. The SMILES string of the molecule is Cc1ccccc1C(=O)N1CCC2(C1)CN(c1cnn(C)c1)C(=O)CN2C.O=C(O)C(F)(F)F. The quantitative estimate of drug-likeness (QED) is 0.704. The molecule has 2 aromatic rings. The van der Waals surface area contributed by atoms with Gasteiger partial charge >= 0.3 is 12.1 Å². The molecule has 1 unspecified atom stereocenters. The summed E-state index contributed by atoms with van der Waals surface area (Å²) < 4.78 is 33.4. The number of hydrogen-bond donors (Lipinski definition) is 1. The Morgan fingerprint density at radius 1 is 1.15 bits per heavy atom. The summed E-state index contributed by atoms with van der Waals surface area (Å²) in [6.45, 7) is 4.22. The number of anilines is 1. The van der Waals surface area contributed by atoms with Gasteiger partial charge in [-0.25, -0.2) is 4.79 Å². The smallest absolute Gasteiger partial charge is 0.475 e. The van der Waals surface area contributed by atoms with Gasteiger partial charge in [-0.2, -0.15) is 18.3 Å². The Bertz CT molecular complexity index is 1090. The zero-order valence-electron chi connectivity index (χ0n) is 19.0. The van der Waals surface area contributed by atoms with Crippen LogP contribution in [0.3, 0.4) is 0 Å². The minimum Gasteiger partial charge on any atom is -0.475 e. The number of hydrogen-bond acceptors (Lipinski definition) is 5. The van der Waals surface area contributed by atoms with Crippen LogP contribution < -0.4 is 4.90 Å². The summed E-state index contributed by atoms with van der Waals surface area (Å²) >= 11 is 0. The number of amides is 2. The van der Waals surface area contributed by atoms with Crippen molar-refractivity contribution >= 4 is 23.5 Å². The van der Waals surface area contributed by atoms with Gasteiger partial charge in [0.1, 0.15) is 0 Å². The van der Waals surface area contributed by atoms with E-state index in [4.69, 9.17) is 9.90 Å². The Morgan fingerprint density at radius 3 is 2.35 bits per heavy atom. The van der Waals surface area contributed by atoms with Crippen molar-refractivity contribution < 1.29 is 32.7 Å². The van der Waals surface area contributed by atoms with Crippen molar-refractivity contribution in [1.29, 1.82) is 0 Å². The number of likely N-dealkylation sites (N-methyl/N-ethyl adjacent to an activating group) is 1. The second kappa shape index (κ2) is 9.45. The van der Waals surface area contributed by atoms with E-state index in [9.17, 15) is 22.8 Å². The van der Waals surface area contributed by atoms with E-state index in [1.54, 1.807) is 10.9 Å². The number of carbonyl (C=O) groups excluding carboxylic acids is 2. The molecule has 2 amide bonds. The first-order valence-electron chi connectivity index (χ1n) is 10.5. The third kappa shape index (κ3) is 5.22. The normalized spacial score (nSPS) is 20.9. The van der Waals surface area contributed by atoms with Gasteiger partial charge in [-0.15, -0.1) is 0 Å². The van der Waals surface area contributed by atoms with Crippen molar-refractivity contribution in [2.75, 3.05) is 38.1 Å². The van der Waals surface area contributed by atoms with Gasteiger partial charge in [0.25, 0.3) is 5.91 Å². The van der Waals surface area contributed by atoms with Gasteiger partial charge in [0.05, 0.1) is 24.0 Å². The van der Waals surface area contributed by atoms with Crippen LogP contribution in [-0.4, -0.2) is 87.4 Å². The van der Waals surface area contributed by atoms with Crippen LogP contribution in [0, 0.1) is 6.92 Å². The average Bonchev–Trinajstić information content (AvgIpc) is 3.38. The van der Waals surface area contributed by atoms with E-state index in [0.29, 0.717) is 26.2 Å². The van der Waals surface area contributed by atoms with E-state index in [-0.39, 0.29) is 17.4 Å². The lowest BCUT2D eigenvalue weighted by Gasteiger charge is -2.46. The molecule has 9 nitrogen and oxygen atoms in total. The maximum absolute atomic E-state index is 13.0. The first kappa shape index (κ1) is 25.2. The molecule has 34 heavy (non-hydrogen) atoms. The first-order valence-corrected chi connectivity index (χ1v) is 10.5. The summed E-state index contributed by atoms with van der Waals surface area (Å²) in [5.74, 6) is -2.62. The topological polar surface area (TPSA) is 99.0 Å². The number of benzene rings is 1. The number of carboxylic acids is 1. The standard InChI is InChI=1S/C20H25N5O2.C2HF3O2/c1-15-6-4-5-7-17(15)19(27)24-9-8-20(13-24)14-25(18(26)12-22(20)2)16-10-21-23(3)11-16;3-2(4,5)1(6)7/h4-7,10-11H,8-9,12-14H2,1-3H3;(H,6,7). The molecule has 1 atom stereocenters. The van der Waals surface area contributed by atoms with Crippen molar-refractivity contribution in [2.24, 2.45) is 7.05 Å². The van der Waals surface area contributed by atoms with Crippen LogP contribution in [0.25, 0.3) is 0 Å². The molecule has 2 fully saturated rings. The number of aliphatic carboxylic acids is 1. The van der Waals surface area contributed by atoms with Gasteiger partial charge in [0.2, 0.25) is 5.91 Å². The molecular formula is C22H26F3N5O4. The molecule has 184 valence electrons. The van der Waals surface area contributed by atoms with Crippen LogP contribution >= 0.6 is 0 Å². The maximum Gasteiger partial charge on any atom is 0.490 e. The second-order valence-corrected chi connectivity index (χ2v) is 8.53. The number of aryl methyl sites for hydroxylation is 2. The van der Waals surface area contributed by atoms with Gasteiger partial charge < -0.3 is 14.9 Å². The number of halogens is 3. The van der Waals surface area contributed by atoms with E-state index < -0.39 is 12.1 Å². The number of carboxylic acid groups (broad SMARTS) is 1. The van der Waals surface area contributed by atoms with Crippen molar-refractivity contribution in [3.05, 3.63) is 47.8 Å². The predicted octanol–water partition coefficient (Wildman–Crippen LogP) is 1.93. The molecule has 2 aliphatic rings. The molecule has 12 heteroatoms. The molecule has 1 aromatic heterocycles. The zero-order chi connectivity index (χ0) is 25.3.